The van der Waals surface area contributed by atoms with Crippen LogP contribution in [0.3, 0.4) is 0 Å². The van der Waals surface area contributed by atoms with E-state index in [9.17, 15) is 24.3 Å². The van der Waals surface area contributed by atoms with E-state index in [1.165, 1.54) is 4.90 Å². The second-order valence-corrected chi connectivity index (χ2v) is 16.5. The number of aromatic nitrogens is 1. The van der Waals surface area contributed by atoms with Gasteiger partial charge in [-0.15, -0.1) is 23.7 Å². The average molecular weight is 807 g/mol. The molecule has 14 heteroatoms. The van der Waals surface area contributed by atoms with Gasteiger partial charge in [-0.25, -0.2) is 4.98 Å². The monoisotopic (exact) mass is 806 g/mol. The molecule has 4 aromatic rings. The van der Waals surface area contributed by atoms with Gasteiger partial charge in [0.15, 0.2) is 0 Å². The van der Waals surface area contributed by atoms with Gasteiger partial charge >= 0.3 is 0 Å². The van der Waals surface area contributed by atoms with Gasteiger partial charge in [-0.2, -0.15) is 0 Å². The number of aliphatic hydroxyl groups is 1. The molecule has 56 heavy (non-hydrogen) atoms. The summed E-state index contributed by atoms with van der Waals surface area (Å²) < 4.78 is 5.98. The number of aryl methyl sites for hydroxylation is 2. The minimum absolute atomic E-state index is 0. The highest BCUT2D eigenvalue weighted by Crippen LogP contribution is 2.29. The van der Waals surface area contributed by atoms with Crippen LogP contribution in [-0.2, 0) is 43.5 Å². The number of hydrogen-bond acceptors (Lipinski definition) is 9. The fourth-order valence-electron chi connectivity index (χ4n) is 6.86. The zero-order valence-corrected chi connectivity index (χ0v) is 34.4. The molecule has 0 radical (unpaired) electrons. The third kappa shape index (κ3) is 11.6. The summed E-state index contributed by atoms with van der Waals surface area (Å²) in [6.45, 7) is 10.1. The zero-order chi connectivity index (χ0) is 39.9. The van der Waals surface area contributed by atoms with Crippen LogP contribution >= 0.6 is 23.7 Å². The first kappa shape index (κ1) is 44.3. The molecule has 2 heterocycles. The molecule has 1 aromatic heterocycles. The van der Waals surface area contributed by atoms with E-state index in [-0.39, 0.29) is 74.6 Å². The lowest BCUT2D eigenvalue weighted by molar-refractivity contribution is -0.144. The number of benzene rings is 3. The van der Waals surface area contributed by atoms with Gasteiger partial charge in [0.05, 0.1) is 34.9 Å². The van der Waals surface area contributed by atoms with Gasteiger partial charge in [-0.1, -0.05) is 75.4 Å². The Morgan fingerprint density at radius 2 is 1.77 bits per heavy atom. The molecule has 1 aliphatic rings. The predicted octanol–water partition coefficient (Wildman–Crippen LogP) is 4.93. The van der Waals surface area contributed by atoms with Crippen LogP contribution in [0.25, 0.3) is 21.2 Å². The number of β-amino-alcohol motifs (C(OH)–C–C–N with tert-alkyl or cyclic N) is 1. The maximum atomic E-state index is 14.1. The minimum atomic E-state index is -0.912. The number of rotatable bonds is 16. The van der Waals surface area contributed by atoms with Crippen molar-refractivity contribution in [1.29, 1.82) is 0 Å². The van der Waals surface area contributed by atoms with Crippen molar-refractivity contribution in [3.63, 3.8) is 0 Å². The molecule has 7 N–H and O–H groups in total. The second kappa shape index (κ2) is 19.6. The molecule has 0 unspecified atom stereocenters. The number of primary amides is 1. The van der Waals surface area contributed by atoms with Crippen molar-refractivity contribution in [3.8, 4) is 10.4 Å². The van der Waals surface area contributed by atoms with Gasteiger partial charge in [0.1, 0.15) is 12.1 Å². The predicted molar refractivity (Wildman–Crippen MR) is 222 cm³/mol. The molecule has 1 fully saturated rings. The Balaban J connectivity index is 0.00000696. The quantitative estimate of drug-likeness (QED) is 0.105. The first-order chi connectivity index (χ1) is 26.1. The third-order valence-corrected chi connectivity index (χ3v) is 11.2. The number of ether oxygens (including phenoxy) is 1. The molecule has 4 amide bonds. The molecule has 5 rings (SSSR count). The van der Waals surface area contributed by atoms with Crippen molar-refractivity contribution in [1.82, 2.24) is 20.5 Å². The third-order valence-electron chi connectivity index (χ3n) is 10.2. The number of halogens is 1. The number of thiazole rings is 1. The molecule has 0 bridgehead atoms. The lowest BCUT2D eigenvalue weighted by atomic mass is 9.85. The summed E-state index contributed by atoms with van der Waals surface area (Å²) in [4.78, 5) is 58.9. The van der Waals surface area contributed by atoms with Gasteiger partial charge in [-0.3, -0.25) is 19.2 Å². The molecule has 5 atom stereocenters. The molecule has 1 saturated heterocycles. The van der Waals surface area contributed by atoms with E-state index < -0.39 is 29.5 Å². The number of carbonyl (C=O) groups excluding carboxylic acids is 4. The lowest BCUT2D eigenvalue weighted by Gasteiger charge is -2.35. The Hall–Kier alpha value is -4.40. The van der Waals surface area contributed by atoms with E-state index in [0.717, 1.165) is 43.6 Å². The van der Waals surface area contributed by atoms with Gasteiger partial charge < -0.3 is 36.8 Å². The Morgan fingerprint density at radius 3 is 2.43 bits per heavy atom. The van der Waals surface area contributed by atoms with Gasteiger partial charge in [0.25, 0.3) is 0 Å². The van der Waals surface area contributed by atoms with Crippen LogP contribution in [0.15, 0.2) is 66.2 Å². The summed E-state index contributed by atoms with van der Waals surface area (Å²) in [5.41, 5.74) is 17.4. The second-order valence-electron chi connectivity index (χ2n) is 15.6. The van der Waals surface area contributed by atoms with E-state index in [1.54, 1.807) is 11.3 Å². The Morgan fingerprint density at radius 1 is 1.05 bits per heavy atom. The minimum Gasteiger partial charge on any atom is -0.391 e. The van der Waals surface area contributed by atoms with Crippen molar-refractivity contribution in [2.45, 2.75) is 110 Å². The number of nitrogens with zero attached hydrogens (tertiary/aromatic N) is 2. The van der Waals surface area contributed by atoms with Crippen molar-refractivity contribution < 1.29 is 29.0 Å². The smallest absolute Gasteiger partial charge is 0.246 e. The SMILES string of the molecule is Cc1ncsc1-c1ccc(CNC(=O)[C@@H]2C[C@@H](O)CN2C(=O)[C@@H](NC(=O)CCc2cccc3cc(CO[C@H](C)[C@@H](N)CCC(N)=O)ccc23)C(C)(C)C)cc1.Cl. The van der Waals surface area contributed by atoms with Crippen molar-refractivity contribution in [2.75, 3.05) is 6.54 Å². The van der Waals surface area contributed by atoms with E-state index in [0.29, 0.717) is 19.4 Å². The van der Waals surface area contributed by atoms with Crippen LogP contribution in [0, 0.1) is 12.3 Å². The number of hydrogen-bond donors (Lipinski definition) is 5. The van der Waals surface area contributed by atoms with Crippen molar-refractivity contribution in [2.24, 2.45) is 16.9 Å². The van der Waals surface area contributed by atoms with E-state index >= 15 is 0 Å². The van der Waals surface area contributed by atoms with Gasteiger partial charge in [0.2, 0.25) is 23.6 Å². The summed E-state index contributed by atoms with van der Waals surface area (Å²) in [6, 6.07) is 17.8. The number of nitrogens with two attached hydrogens (primary N) is 2. The topological polar surface area (TPSA) is 190 Å². The lowest BCUT2D eigenvalue weighted by Crippen LogP contribution is -2.57. The van der Waals surface area contributed by atoms with E-state index in [4.69, 9.17) is 16.2 Å². The van der Waals surface area contributed by atoms with Crippen LogP contribution in [0.1, 0.15) is 75.8 Å². The largest absolute Gasteiger partial charge is 0.391 e. The van der Waals surface area contributed by atoms with Crippen LogP contribution in [0.2, 0.25) is 0 Å². The highest BCUT2D eigenvalue weighted by Gasteiger charge is 2.44. The van der Waals surface area contributed by atoms with Crippen molar-refractivity contribution in [3.05, 3.63) is 88.6 Å². The standard InChI is InChI=1S/C42H54N6O6S.ClH/c1-25-38(55-24-46-25)30-12-9-27(10-13-30)21-45-40(52)35-20-32(49)22-48(35)41(53)39(42(3,4)5)47-37(51)18-14-29-7-6-8-31-19-28(11-15-33(29)31)23-54-26(2)34(43)16-17-36(44)50;/h6-13,15,19,24,26,32,34-35,39,49H,14,16-18,20-23,43H2,1-5H3,(H2,44,50)(H,45,52)(H,47,51);1H/t26-,32-,34+,35+,39-;/m1./s1. The normalized spacial score (nSPS) is 17.2. The average Bonchev–Trinajstić information content (AvgIpc) is 3.77. The highest BCUT2D eigenvalue weighted by molar-refractivity contribution is 7.13. The molecule has 0 spiro atoms. The molecular weight excluding hydrogens is 752 g/mol. The van der Waals surface area contributed by atoms with Crippen LogP contribution < -0.4 is 22.1 Å². The number of amides is 4. The zero-order valence-electron chi connectivity index (χ0n) is 32.7. The van der Waals surface area contributed by atoms with Gasteiger partial charge in [0, 0.05) is 38.4 Å². The maximum absolute atomic E-state index is 14.1. The molecule has 302 valence electrons. The summed E-state index contributed by atoms with van der Waals surface area (Å²) >= 11 is 1.58. The molecule has 3 aromatic carbocycles. The van der Waals surface area contributed by atoms with Crippen LogP contribution in [0.4, 0.5) is 0 Å². The first-order valence-electron chi connectivity index (χ1n) is 18.8. The summed E-state index contributed by atoms with van der Waals surface area (Å²) in [7, 11) is 0. The number of fused-ring (bicyclic) bond motifs is 1. The Labute approximate surface area is 339 Å². The maximum Gasteiger partial charge on any atom is 0.246 e. The fraction of sp³-hybridized carbons (Fsp3) is 0.452. The van der Waals surface area contributed by atoms with Crippen molar-refractivity contribution >= 4 is 58.1 Å². The summed E-state index contributed by atoms with van der Waals surface area (Å²) in [5, 5.41) is 18.5. The molecule has 0 saturated carbocycles. The van der Waals surface area contributed by atoms with Crippen LogP contribution in [0.5, 0.6) is 0 Å². The molecule has 0 aliphatic carbocycles. The number of carbonyl (C=O) groups is 4. The van der Waals surface area contributed by atoms with Gasteiger partial charge in [-0.05, 0) is 71.2 Å². The summed E-state index contributed by atoms with van der Waals surface area (Å²) in [6.07, 6.45) is 0.283. The Kier molecular flexibility index (Phi) is 15.5. The summed E-state index contributed by atoms with van der Waals surface area (Å²) in [5.74, 6) is -1.42. The Bertz CT molecular complexity index is 1980. The van der Waals surface area contributed by atoms with E-state index in [2.05, 4.69) is 15.6 Å². The van der Waals surface area contributed by atoms with E-state index in [1.807, 2.05) is 101 Å². The highest BCUT2D eigenvalue weighted by atomic mass is 35.5. The molecule has 12 nitrogen and oxygen atoms in total. The molecule has 1 aliphatic heterocycles. The fourth-order valence-corrected chi connectivity index (χ4v) is 7.68. The number of nitrogens with one attached hydrogen (secondary N) is 2. The van der Waals surface area contributed by atoms with Crippen LogP contribution in [-0.4, -0.2) is 75.5 Å². The number of likely N-dealkylation sites (tertiary alicyclic amines) is 1. The number of aliphatic hydroxyl groups excluding tert-OH is 1. The first-order valence-corrected chi connectivity index (χ1v) is 19.7. The molecular formula is C42H55ClN6O6S.